The van der Waals surface area contributed by atoms with Crippen LogP contribution in [-0.4, -0.2) is 35.0 Å². The second-order valence-corrected chi connectivity index (χ2v) is 8.26. The molecule has 0 bridgehead atoms. The molecule has 0 saturated carbocycles. The van der Waals surface area contributed by atoms with Gasteiger partial charge in [0.1, 0.15) is 5.75 Å². The van der Waals surface area contributed by atoms with Crippen LogP contribution in [-0.2, 0) is 17.6 Å². The minimum Gasteiger partial charge on any atom is -0.497 e. The second kappa shape index (κ2) is 8.69. The summed E-state index contributed by atoms with van der Waals surface area (Å²) in [4.78, 5) is 14.9. The number of carbonyl (C=O) groups is 1. The van der Waals surface area contributed by atoms with E-state index >= 15 is 0 Å². The summed E-state index contributed by atoms with van der Waals surface area (Å²) in [5.74, 6) is 1.40. The van der Waals surface area contributed by atoms with Crippen molar-refractivity contribution in [2.24, 2.45) is 0 Å². The first-order valence-electron chi connectivity index (χ1n) is 9.65. The number of ether oxygens (including phenoxy) is 1. The highest BCUT2D eigenvalue weighted by atomic mass is 32.2. The fourth-order valence-corrected chi connectivity index (χ4v) is 4.22. The van der Waals surface area contributed by atoms with Crippen molar-refractivity contribution in [3.8, 4) is 5.75 Å². The quantitative estimate of drug-likeness (QED) is 0.570. The summed E-state index contributed by atoms with van der Waals surface area (Å²) in [6.07, 6.45) is 2.53. The topological polar surface area (TPSA) is 68.5 Å². The number of anilines is 1. The maximum atomic E-state index is 13.0. The molecule has 150 valence electrons. The molecule has 7 heteroatoms. The van der Waals surface area contributed by atoms with Crippen molar-refractivity contribution in [1.29, 1.82) is 0 Å². The number of thioether (sulfide) groups is 1. The van der Waals surface area contributed by atoms with E-state index in [0.717, 1.165) is 36.4 Å². The third-order valence-electron chi connectivity index (χ3n) is 4.96. The van der Waals surface area contributed by atoms with Crippen LogP contribution in [0.1, 0.15) is 30.4 Å². The minimum absolute atomic E-state index is 0.0667. The van der Waals surface area contributed by atoms with E-state index in [-0.39, 0.29) is 11.2 Å². The number of hydrogen-bond donors (Lipinski definition) is 0. The highest BCUT2D eigenvalue weighted by Gasteiger charge is 2.28. The maximum absolute atomic E-state index is 13.0. The Morgan fingerprint density at radius 1 is 1.21 bits per heavy atom. The van der Waals surface area contributed by atoms with Gasteiger partial charge in [0.15, 0.2) is 0 Å². The first-order valence-corrected chi connectivity index (χ1v) is 10.5. The first-order chi connectivity index (χ1) is 14.1. The number of carbonyl (C=O) groups excluding carboxylic acids is 1. The van der Waals surface area contributed by atoms with Crippen LogP contribution in [0.25, 0.3) is 0 Å². The molecule has 2 heterocycles. The van der Waals surface area contributed by atoms with Gasteiger partial charge in [0, 0.05) is 12.2 Å². The molecule has 0 aliphatic carbocycles. The molecule has 0 spiro atoms. The zero-order valence-electron chi connectivity index (χ0n) is 16.5. The van der Waals surface area contributed by atoms with Gasteiger partial charge in [-0.3, -0.25) is 4.79 Å². The predicted octanol–water partition coefficient (Wildman–Crippen LogP) is 4.13. The smallest absolute Gasteiger partial charge is 0.277 e. The molecule has 0 radical (unpaired) electrons. The second-order valence-electron chi connectivity index (χ2n) is 6.97. The average molecular weight is 410 g/mol. The molecule has 1 aliphatic heterocycles. The Morgan fingerprint density at radius 2 is 2.00 bits per heavy atom. The summed E-state index contributed by atoms with van der Waals surface area (Å²) >= 11 is 1.31. The number of hydrogen-bond acceptors (Lipinski definition) is 6. The summed E-state index contributed by atoms with van der Waals surface area (Å²) in [7, 11) is 1.64. The third-order valence-corrected chi connectivity index (χ3v) is 5.89. The van der Waals surface area contributed by atoms with E-state index in [4.69, 9.17) is 9.15 Å². The Kier molecular flexibility index (Phi) is 5.85. The lowest BCUT2D eigenvalue weighted by molar-refractivity contribution is -0.117. The van der Waals surface area contributed by atoms with Crippen molar-refractivity contribution in [3.63, 3.8) is 0 Å². The van der Waals surface area contributed by atoms with Gasteiger partial charge in [-0.2, -0.15) is 0 Å². The average Bonchev–Trinajstić information content (AvgIpc) is 3.20. The number of fused-ring (bicyclic) bond motifs is 1. The maximum Gasteiger partial charge on any atom is 0.277 e. The summed E-state index contributed by atoms with van der Waals surface area (Å²) < 4.78 is 10.9. The molecule has 6 nitrogen and oxygen atoms in total. The van der Waals surface area contributed by atoms with Gasteiger partial charge in [0.2, 0.25) is 11.8 Å². The van der Waals surface area contributed by atoms with Gasteiger partial charge in [-0.15, -0.1) is 10.2 Å². The van der Waals surface area contributed by atoms with E-state index in [0.29, 0.717) is 17.5 Å². The zero-order chi connectivity index (χ0) is 20.2. The van der Waals surface area contributed by atoms with Crippen molar-refractivity contribution in [3.05, 3.63) is 65.5 Å². The zero-order valence-corrected chi connectivity index (χ0v) is 17.3. The Balaban J connectivity index is 1.40. The Morgan fingerprint density at radius 3 is 2.79 bits per heavy atom. The highest BCUT2D eigenvalue weighted by molar-refractivity contribution is 8.00. The van der Waals surface area contributed by atoms with E-state index < -0.39 is 0 Å². The molecular weight excluding hydrogens is 386 g/mol. The fraction of sp³-hybridized carbons (Fsp3) is 0.318. The summed E-state index contributed by atoms with van der Waals surface area (Å²) in [5, 5.41) is 8.34. The van der Waals surface area contributed by atoms with Crippen molar-refractivity contribution >= 4 is 23.4 Å². The van der Waals surface area contributed by atoms with Crippen LogP contribution in [0.4, 0.5) is 5.69 Å². The van der Waals surface area contributed by atoms with Crippen LogP contribution in [0.2, 0.25) is 0 Å². The van der Waals surface area contributed by atoms with Crippen molar-refractivity contribution in [2.75, 3.05) is 18.6 Å². The van der Waals surface area contributed by atoms with E-state index in [1.165, 1.54) is 17.3 Å². The van der Waals surface area contributed by atoms with Gasteiger partial charge in [0.05, 0.1) is 18.8 Å². The third kappa shape index (κ3) is 4.45. The monoisotopic (exact) mass is 409 g/mol. The molecule has 1 aromatic heterocycles. The van der Waals surface area contributed by atoms with Gasteiger partial charge in [-0.25, -0.2) is 0 Å². The van der Waals surface area contributed by atoms with Gasteiger partial charge in [0.25, 0.3) is 5.22 Å². The van der Waals surface area contributed by atoms with E-state index in [9.17, 15) is 4.79 Å². The lowest BCUT2D eigenvalue weighted by Crippen LogP contribution is -2.40. The van der Waals surface area contributed by atoms with Crippen LogP contribution in [0.3, 0.4) is 0 Å². The van der Waals surface area contributed by atoms with Gasteiger partial charge >= 0.3 is 0 Å². The lowest BCUT2D eigenvalue weighted by atomic mass is 10.0. The number of benzene rings is 2. The first kappa shape index (κ1) is 19.5. The molecular formula is C22H23N3O3S. The molecule has 1 amide bonds. The molecule has 1 atom stereocenters. The molecule has 3 aromatic rings. The lowest BCUT2D eigenvalue weighted by Gasteiger charge is -2.31. The van der Waals surface area contributed by atoms with Crippen LogP contribution >= 0.6 is 11.8 Å². The number of para-hydroxylation sites is 1. The van der Waals surface area contributed by atoms with Crippen LogP contribution in [0.15, 0.2) is 58.2 Å². The van der Waals surface area contributed by atoms with Crippen LogP contribution in [0.5, 0.6) is 5.75 Å². The number of amides is 1. The summed E-state index contributed by atoms with van der Waals surface area (Å²) in [6, 6.07) is 15.8. The van der Waals surface area contributed by atoms with Crippen molar-refractivity contribution in [1.82, 2.24) is 10.2 Å². The largest absolute Gasteiger partial charge is 0.497 e. The highest BCUT2D eigenvalue weighted by Crippen LogP contribution is 2.30. The van der Waals surface area contributed by atoms with Crippen molar-refractivity contribution in [2.45, 2.75) is 36.7 Å². The molecule has 0 N–H and O–H groups in total. The molecule has 29 heavy (non-hydrogen) atoms. The van der Waals surface area contributed by atoms with E-state index in [1.807, 2.05) is 54.3 Å². The normalized spacial score (nSPS) is 14.3. The minimum atomic E-state index is -0.310. The summed E-state index contributed by atoms with van der Waals surface area (Å²) in [6.45, 7) is 2.63. The molecule has 0 fully saturated rings. The predicted molar refractivity (Wildman–Crippen MR) is 113 cm³/mol. The molecule has 4 rings (SSSR count). The summed E-state index contributed by atoms with van der Waals surface area (Å²) in [5.41, 5.74) is 3.30. The van der Waals surface area contributed by atoms with Gasteiger partial charge in [-0.1, -0.05) is 42.1 Å². The number of methoxy groups -OCH3 is 1. The number of nitrogens with zero attached hydrogens (tertiary/aromatic N) is 3. The van der Waals surface area contributed by atoms with E-state index in [2.05, 4.69) is 16.3 Å². The molecule has 1 unspecified atom stereocenters. The number of aromatic nitrogens is 2. The number of rotatable bonds is 6. The Bertz CT molecular complexity index is 987. The van der Waals surface area contributed by atoms with Crippen LogP contribution < -0.4 is 9.64 Å². The molecule has 0 saturated heterocycles. The molecule has 1 aliphatic rings. The van der Waals surface area contributed by atoms with Crippen LogP contribution in [0, 0.1) is 0 Å². The fourth-order valence-electron chi connectivity index (χ4n) is 3.46. The van der Waals surface area contributed by atoms with Gasteiger partial charge < -0.3 is 14.1 Å². The molecule has 2 aromatic carbocycles. The van der Waals surface area contributed by atoms with Gasteiger partial charge in [-0.05, 0) is 49.1 Å². The number of aryl methyl sites for hydroxylation is 1. The van der Waals surface area contributed by atoms with Crippen molar-refractivity contribution < 1.29 is 13.9 Å². The standard InChI is InChI=1S/C22H23N3O3S/c1-15(21(26)25-13-5-7-17-6-3-4-8-19(17)25)29-22-24-23-20(28-22)14-16-9-11-18(27-2)12-10-16/h3-4,6,8-12,15H,5,7,13-14H2,1-2H3. The SMILES string of the molecule is COc1ccc(Cc2nnc(SC(C)C(=O)N3CCCc4ccccc43)o2)cc1. The Hall–Kier alpha value is -2.80. The van der Waals surface area contributed by atoms with E-state index in [1.54, 1.807) is 7.11 Å². The Labute approximate surface area is 174 Å².